The van der Waals surface area contributed by atoms with Gasteiger partial charge in [0.1, 0.15) is 30.0 Å². The summed E-state index contributed by atoms with van der Waals surface area (Å²) in [4.78, 5) is 26.4. The number of carboxylic acid groups (broad SMARTS) is 1. The van der Waals surface area contributed by atoms with Gasteiger partial charge in [0.05, 0.1) is 42.9 Å². The van der Waals surface area contributed by atoms with Crippen LogP contribution in [-0.2, 0) is 14.9 Å². The van der Waals surface area contributed by atoms with Crippen LogP contribution in [0, 0.1) is 0 Å². The van der Waals surface area contributed by atoms with Gasteiger partial charge in [0.2, 0.25) is 5.95 Å². The highest BCUT2D eigenvalue weighted by molar-refractivity contribution is 5.89. The molecule has 292 valence electrons. The smallest absolute Gasteiger partial charge is 0.320 e. The SMILES string of the molecule is C[C@H]1COCCN1c1nnc2ccc(O[C@@H]3CC[C@H](NC(=O)Nc4cc(C(C)(C)C)nn4-c4cccc(OCCN(C)C)c4)c4ccccc43)cn12.O=CO. The number of aromatic nitrogens is 5. The molecule has 1 saturated heterocycles. The second kappa shape index (κ2) is 17.2. The molecule has 2 aromatic carbocycles. The molecular formula is C40H51N9O6. The maximum atomic E-state index is 13.7. The van der Waals surface area contributed by atoms with E-state index in [1.807, 2.05) is 79.3 Å². The molecule has 3 N–H and O–H groups in total. The fourth-order valence-electron chi connectivity index (χ4n) is 6.73. The average Bonchev–Trinajstić information content (AvgIpc) is 3.78. The van der Waals surface area contributed by atoms with Gasteiger partial charge in [-0.05, 0) is 69.3 Å². The minimum Gasteiger partial charge on any atom is -0.492 e. The molecule has 4 heterocycles. The topological polar surface area (TPSA) is 161 Å². The Morgan fingerprint density at radius 1 is 1.04 bits per heavy atom. The number of urea groups is 1. The van der Waals surface area contributed by atoms with E-state index in [1.54, 1.807) is 4.68 Å². The molecule has 0 saturated carbocycles. The second-order valence-electron chi connectivity index (χ2n) is 15.0. The Morgan fingerprint density at radius 3 is 2.56 bits per heavy atom. The minimum absolute atomic E-state index is 0.181. The molecule has 0 radical (unpaired) electrons. The lowest BCUT2D eigenvalue weighted by Gasteiger charge is -2.33. The van der Waals surface area contributed by atoms with E-state index in [2.05, 4.69) is 70.5 Å². The number of carbonyl (C=O) groups excluding carboxylic acids is 1. The first kappa shape index (κ1) is 39.0. The lowest BCUT2D eigenvalue weighted by atomic mass is 9.85. The number of hydrogen-bond acceptors (Lipinski definition) is 10. The third-order valence-electron chi connectivity index (χ3n) is 9.59. The van der Waals surface area contributed by atoms with Crippen LogP contribution in [0.2, 0.25) is 0 Å². The van der Waals surface area contributed by atoms with E-state index < -0.39 is 0 Å². The number of morpholine rings is 1. The highest BCUT2D eigenvalue weighted by atomic mass is 16.5. The van der Waals surface area contributed by atoms with Gasteiger partial charge >= 0.3 is 6.03 Å². The summed E-state index contributed by atoms with van der Waals surface area (Å²) in [7, 11) is 4.03. The molecule has 1 aliphatic carbocycles. The van der Waals surface area contributed by atoms with Crippen molar-refractivity contribution in [1.82, 2.24) is 34.6 Å². The maximum absolute atomic E-state index is 13.7. The number of hydrogen-bond donors (Lipinski definition) is 3. The molecule has 55 heavy (non-hydrogen) atoms. The van der Waals surface area contributed by atoms with Gasteiger partial charge in [0.25, 0.3) is 6.47 Å². The summed E-state index contributed by atoms with van der Waals surface area (Å²) in [5.41, 5.74) is 4.28. The molecule has 0 unspecified atom stereocenters. The Morgan fingerprint density at radius 2 is 1.82 bits per heavy atom. The molecular weight excluding hydrogens is 702 g/mol. The largest absolute Gasteiger partial charge is 0.492 e. The first-order chi connectivity index (χ1) is 26.4. The van der Waals surface area contributed by atoms with E-state index in [-0.39, 0.29) is 36.1 Å². The normalized spacial score (nSPS) is 18.2. The van der Waals surface area contributed by atoms with Crippen LogP contribution in [0.4, 0.5) is 16.6 Å². The van der Waals surface area contributed by atoms with Gasteiger partial charge in [-0.25, -0.2) is 9.48 Å². The summed E-state index contributed by atoms with van der Waals surface area (Å²) in [6, 6.07) is 21.5. The molecule has 1 fully saturated rings. The quantitative estimate of drug-likeness (QED) is 0.147. The van der Waals surface area contributed by atoms with Gasteiger partial charge in [-0.2, -0.15) is 5.10 Å². The van der Waals surface area contributed by atoms with Crippen LogP contribution in [0.1, 0.15) is 69.5 Å². The van der Waals surface area contributed by atoms with Crippen molar-refractivity contribution >= 4 is 29.9 Å². The number of ether oxygens (including phenoxy) is 3. The summed E-state index contributed by atoms with van der Waals surface area (Å²) < 4.78 is 22.0. The van der Waals surface area contributed by atoms with Crippen LogP contribution < -0.4 is 25.0 Å². The zero-order valence-electron chi connectivity index (χ0n) is 32.3. The molecule has 2 aliphatic rings. The summed E-state index contributed by atoms with van der Waals surface area (Å²) in [6.45, 7) is 11.6. The van der Waals surface area contributed by atoms with Gasteiger partial charge in [-0.1, -0.05) is 51.1 Å². The number of nitrogens with zero attached hydrogens (tertiary/aromatic N) is 7. The fraction of sp³-hybridized carbons (Fsp3) is 0.425. The molecule has 3 atom stereocenters. The van der Waals surface area contributed by atoms with Crippen LogP contribution >= 0.6 is 0 Å². The van der Waals surface area contributed by atoms with E-state index in [0.29, 0.717) is 32.1 Å². The van der Waals surface area contributed by atoms with E-state index >= 15 is 0 Å². The van der Waals surface area contributed by atoms with Crippen molar-refractivity contribution in [1.29, 1.82) is 0 Å². The van der Waals surface area contributed by atoms with Gasteiger partial charge in [0.15, 0.2) is 5.65 Å². The summed E-state index contributed by atoms with van der Waals surface area (Å²) >= 11 is 0. The van der Waals surface area contributed by atoms with Crippen molar-refractivity contribution in [3.05, 3.63) is 89.7 Å². The Hall–Kier alpha value is -5.67. The number of benzene rings is 2. The number of anilines is 2. The molecule has 0 spiro atoms. The third-order valence-corrected chi connectivity index (χ3v) is 9.59. The summed E-state index contributed by atoms with van der Waals surface area (Å²) in [5, 5.41) is 27.0. The predicted molar refractivity (Wildman–Crippen MR) is 210 cm³/mol. The van der Waals surface area contributed by atoms with Crippen molar-refractivity contribution in [2.45, 2.75) is 64.1 Å². The lowest BCUT2D eigenvalue weighted by molar-refractivity contribution is -0.122. The van der Waals surface area contributed by atoms with Crippen molar-refractivity contribution in [3.63, 3.8) is 0 Å². The van der Waals surface area contributed by atoms with Crippen LogP contribution in [0.5, 0.6) is 11.5 Å². The molecule has 15 heteroatoms. The Kier molecular flexibility index (Phi) is 12.2. The van der Waals surface area contributed by atoms with Gasteiger partial charge in [-0.3, -0.25) is 14.5 Å². The third kappa shape index (κ3) is 9.35. The minimum atomic E-state index is -0.304. The number of nitrogens with one attached hydrogen (secondary N) is 2. The van der Waals surface area contributed by atoms with Crippen LogP contribution in [-0.4, -0.2) is 99.9 Å². The second-order valence-corrected chi connectivity index (χ2v) is 15.0. The lowest BCUT2D eigenvalue weighted by Crippen LogP contribution is -2.44. The van der Waals surface area contributed by atoms with E-state index in [4.69, 9.17) is 29.2 Å². The van der Waals surface area contributed by atoms with Crippen molar-refractivity contribution in [3.8, 4) is 17.2 Å². The molecule has 3 aromatic heterocycles. The van der Waals surface area contributed by atoms with E-state index in [9.17, 15) is 4.79 Å². The van der Waals surface area contributed by atoms with E-state index in [0.717, 1.165) is 65.1 Å². The Balaban J connectivity index is 0.00000166. The molecule has 7 rings (SSSR count). The van der Waals surface area contributed by atoms with Crippen molar-refractivity contribution in [2.75, 3.05) is 57.2 Å². The number of amides is 2. The standard InChI is InChI=1S/C39H49N9O4.CH2O2/c1-26-25-50-20-19-46(26)38-43-42-35-17-14-29(24-47(35)38)52-33-16-15-32(30-12-7-8-13-31(30)33)40-37(49)41-36-23-34(39(2,3)4)44-48(36)27-10-9-11-28(22-27)51-21-18-45(5)6;2-1-3/h7-14,17,22-24,26,32-33H,15-16,18-21,25H2,1-6H3,(H2,40,41,49);1H,(H,2,3)/t26-,32-,33+;/m0./s1. The summed E-state index contributed by atoms with van der Waals surface area (Å²) in [6.07, 6.45) is 3.22. The molecule has 1 aliphatic heterocycles. The number of fused-ring (bicyclic) bond motifs is 2. The van der Waals surface area contributed by atoms with Crippen LogP contribution in [0.3, 0.4) is 0 Å². The van der Waals surface area contributed by atoms with Gasteiger partial charge < -0.3 is 34.4 Å². The molecule has 15 nitrogen and oxygen atoms in total. The molecule has 0 bridgehead atoms. The van der Waals surface area contributed by atoms with Crippen molar-refractivity contribution in [2.24, 2.45) is 0 Å². The predicted octanol–water partition coefficient (Wildman–Crippen LogP) is 5.86. The zero-order chi connectivity index (χ0) is 39.1. The fourth-order valence-corrected chi connectivity index (χ4v) is 6.73. The highest BCUT2D eigenvalue weighted by Crippen LogP contribution is 2.39. The highest BCUT2D eigenvalue weighted by Gasteiger charge is 2.31. The molecule has 2 amide bonds. The molecule has 5 aromatic rings. The maximum Gasteiger partial charge on any atom is 0.320 e. The Labute approximate surface area is 321 Å². The number of rotatable bonds is 10. The monoisotopic (exact) mass is 753 g/mol. The summed E-state index contributed by atoms with van der Waals surface area (Å²) in [5.74, 6) is 2.83. The van der Waals surface area contributed by atoms with Crippen molar-refractivity contribution < 1.29 is 28.9 Å². The number of pyridine rings is 1. The van der Waals surface area contributed by atoms with Gasteiger partial charge in [0, 0.05) is 30.6 Å². The zero-order valence-corrected chi connectivity index (χ0v) is 32.3. The average molecular weight is 754 g/mol. The van der Waals surface area contributed by atoms with Crippen LogP contribution in [0.25, 0.3) is 11.3 Å². The number of likely N-dealkylation sites (N-methyl/N-ethyl adjacent to an activating group) is 1. The number of carbonyl (C=O) groups is 2. The van der Waals surface area contributed by atoms with E-state index in [1.165, 1.54) is 0 Å². The first-order valence-electron chi connectivity index (χ1n) is 18.5. The first-order valence-corrected chi connectivity index (χ1v) is 18.5. The Bertz CT molecular complexity index is 2070. The van der Waals surface area contributed by atoms with Crippen LogP contribution in [0.15, 0.2) is 72.9 Å². The van der Waals surface area contributed by atoms with Gasteiger partial charge in [-0.15, -0.1) is 10.2 Å².